The molecule has 4 aliphatic rings. The second kappa shape index (κ2) is 7.78. The number of nitrogens with zero attached hydrogens (tertiary/aromatic N) is 3. The first-order valence-corrected chi connectivity index (χ1v) is 11.7. The molecule has 0 spiro atoms. The Morgan fingerprint density at radius 3 is 2.71 bits per heavy atom. The van der Waals surface area contributed by atoms with Gasteiger partial charge >= 0.3 is 0 Å². The maximum atomic E-state index is 10.9. The quantitative estimate of drug-likeness (QED) is 0.294. The van der Waals surface area contributed by atoms with Gasteiger partial charge in [-0.15, -0.1) is 0 Å². The van der Waals surface area contributed by atoms with Gasteiger partial charge in [-0.05, 0) is 61.1 Å². The van der Waals surface area contributed by atoms with Crippen LogP contribution in [0.3, 0.4) is 0 Å². The summed E-state index contributed by atoms with van der Waals surface area (Å²) in [7, 11) is 0. The molecule has 31 heavy (non-hydrogen) atoms. The fourth-order valence-corrected chi connectivity index (χ4v) is 6.29. The molecule has 4 saturated carbocycles. The van der Waals surface area contributed by atoms with E-state index in [0.717, 1.165) is 48.1 Å². The normalized spacial score (nSPS) is 31.0. The SMILES string of the molecule is CC1(C)C2CC(OCc3nc4cc(/C(N)=N/N)ccc4n3C3CCCCC3)C(O)C1C2. The van der Waals surface area contributed by atoms with Crippen LogP contribution in [0.5, 0.6) is 0 Å². The number of hydrazone groups is 1. The average Bonchev–Trinajstić information content (AvgIpc) is 3.15. The third-order valence-corrected chi connectivity index (χ3v) is 8.42. The zero-order valence-electron chi connectivity index (χ0n) is 18.6. The Bertz CT molecular complexity index is 991. The summed E-state index contributed by atoms with van der Waals surface area (Å²) in [4.78, 5) is 4.94. The first kappa shape index (κ1) is 20.8. The number of amidine groups is 1. The lowest BCUT2D eigenvalue weighted by molar-refractivity contribution is -0.210. The maximum absolute atomic E-state index is 10.9. The molecule has 1 aromatic carbocycles. The number of nitrogens with two attached hydrogens (primary N) is 2. The molecular formula is C24H35N5O2. The summed E-state index contributed by atoms with van der Waals surface area (Å²) >= 11 is 0. The van der Waals surface area contributed by atoms with Gasteiger partial charge in [-0.1, -0.05) is 33.1 Å². The van der Waals surface area contributed by atoms with Gasteiger partial charge in [0.25, 0.3) is 0 Å². The summed E-state index contributed by atoms with van der Waals surface area (Å²) < 4.78 is 8.70. The Morgan fingerprint density at radius 2 is 2.03 bits per heavy atom. The third kappa shape index (κ3) is 3.42. The molecule has 7 nitrogen and oxygen atoms in total. The van der Waals surface area contributed by atoms with E-state index in [0.29, 0.717) is 30.3 Å². The highest BCUT2D eigenvalue weighted by molar-refractivity contribution is 6.00. The second-order valence-electron chi connectivity index (χ2n) is 10.3. The number of ether oxygens (including phenoxy) is 1. The molecule has 2 aromatic rings. The van der Waals surface area contributed by atoms with Crippen LogP contribution in [-0.2, 0) is 11.3 Å². The van der Waals surface area contributed by atoms with Gasteiger partial charge in [0.1, 0.15) is 18.3 Å². The summed E-state index contributed by atoms with van der Waals surface area (Å²) in [6.45, 7) is 4.98. The summed E-state index contributed by atoms with van der Waals surface area (Å²) in [6, 6.07) is 6.42. The van der Waals surface area contributed by atoms with E-state index in [2.05, 4.69) is 29.6 Å². The minimum Gasteiger partial charge on any atom is -0.390 e. The molecule has 0 radical (unpaired) electrons. The van der Waals surface area contributed by atoms with Crippen molar-refractivity contribution in [1.29, 1.82) is 0 Å². The molecule has 5 N–H and O–H groups in total. The van der Waals surface area contributed by atoms with E-state index in [1.807, 2.05) is 12.1 Å². The number of rotatable bonds is 5. The summed E-state index contributed by atoms with van der Waals surface area (Å²) in [5, 5.41) is 14.5. The van der Waals surface area contributed by atoms with Gasteiger partial charge in [-0.25, -0.2) is 4.98 Å². The fourth-order valence-electron chi connectivity index (χ4n) is 6.29. The van der Waals surface area contributed by atoms with Crippen LogP contribution in [0.1, 0.15) is 76.2 Å². The van der Waals surface area contributed by atoms with Crippen molar-refractivity contribution >= 4 is 16.9 Å². The van der Waals surface area contributed by atoms with Crippen LogP contribution in [0.15, 0.2) is 23.3 Å². The first-order chi connectivity index (χ1) is 14.9. The van der Waals surface area contributed by atoms with E-state index in [-0.39, 0.29) is 17.6 Å². The molecule has 1 aromatic heterocycles. The van der Waals surface area contributed by atoms with Gasteiger partial charge in [-0.2, -0.15) is 5.10 Å². The van der Waals surface area contributed by atoms with Gasteiger partial charge < -0.3 is 26.0 Å². The summed E-state index contributed by atoms with van der Waals surface area (Å²) in [6.07, 6.45) is 7.68. The van der Waals surface area contributed by atoms with Crippen LogP contribution < -0.4 is 11.6 Å². The molecule has 4 fully saturated rings. The maximum Gasteiger partial charge on any atom is 0.150 e. The van der Waals surface area contributed by atoms with E-state index < -0.39 is 0 Å². The second-order valence-corrected chi connectivity index (χ2v) is 10.3. The van der Waals surface area contributed by atoms with Gasteiger partial charge in [0.05, 0.1) is 23.2 Å². The van der Waals surface area contributed by atoms with Gasteiger partial charge in [0, 0.05) is 11.6 Å². The van der Waals surface area contributed by atoms with E-state index >= 15 is 0 Å². The number of imidazole rings is 1. The van der Waals surface area contributed by atoms with E-state index in [1.165, 1.54) is 19.3 Å². The van der Waals surface area contributed by atoms with E-state index in [4.69, 9.17) is 21.3 Å². The molecular weight excluding hydrogens is 390 g/mol. The Morgan fingerprint density at radius 1 is 1.26 bits per heavy atom. The van der Waals surface area contributed by atoms with Crippen molar-refractivity contribution in [3.8, 4) is 0 Å². The van der Waals surface area contributed by atoms with Crippen molar-refractivity contribution < 1.29 is 9.84 Å². The Labute approximate surface area is 183 Å². The number of aliphatic hydroxyl groups is 1. The predicted octanol–water partition coefficient (Wildman–Crippen LogP) is 3.43. The number of hydrogen-bond donors (Lipinski definition) is 3. The number of fused-ring (bicyclic) bond motifs is 3. The number of aliphatic hydroxyl groups excluding tert-OH is 1. The number of hydrogen-bond acceptors (Lipinski definition) is 5. The molecule has 4 atom stereocenters. The Balaban J connectivity index is 1.42. The van der Waals surface area contributed by atoms with Crippen molar-refractivity contribution in [3.63, 3.8) is 0 Å². The topological polar surface area (TPSA) is 112 Å². The largest absolute Gasteiger partial charge is 0.390 e. The zero-order valence-corrected chi connectivity index (χ0v) is 18.6. The molecule has 168 valence electrons. The minimum atomic E-state index is -0.389. The van der Waals surface area contributed by atoms with Crippen LogP contribution in [0, 0.1) is 17.3 Å². The van der Waals surface area contributed by atoms with Crippen molar-refractivity contribution in [2.24, 2.45) is 33.9 Å². The summed E-state index contributed by atoms with van der Waals surface area (Å²) in [5.74, 6) is 7.60. The molecule has 7 heteroatoms. The Kier molecular flexibility index (Phi) is 5.21. The minimum absolute atomic E-state index is 0.105. The van der Waals surface area contributed by atoms with Crippen LogP contribution in [0.2, 0.25) is 0 Å². The highest BCUT2D eigenvalue weighted by Gasteiger charge is 2.57. The summed E-state index contributed by atoms with van der Waals surface area (Å²) in [5.41, 5.74) is 8.93. The lowest BCUT2D eigenvalue weighted by Crippen LogP contribution is -2.60. The highest BCUT2D eigenvalue weighted by Crippen LogP contribution is 2.59. The lowest BCUT2D eigenvalue weighted by Gasteiger charge is -2.60. The van der Waals surface area contributed by atoms with Gasteiger partial charge in [-0.3, -0.25) is 0 Å². The van der Waals surface area contributed by atoms with E-state index in [1.54, 1.807) is 0 Å². The lowest BCUT2D eigenvalue weighted by atomic mass is 9.47. The fraction of sp³-hybridized carbons (Fsp3) is 0.667. The van der Waals surface area contributed by atoms with Crippen LogP contribution in [0.25, 0.3) is 11.0 Å². The van der Waals surface area contributed by atoms with Gasteiger partial charge in [0.2, 0.25) is 0 Å². The van der Waals surface area contributed by atoms with Crippen molar-refractivity contribution in [1.82, 2.24) is 9.55 Å². The molecule has 0 aliphatic heterocycles. The number of aromatic nitrogens is 2. The monoisotopic (exact) mass is 425 g/mol. The first-order valence-electron chi connectivity index (χ1n) is 11.7. The standard InChI is InChI=1S/C24H35N5O2/c1-24(2)15-11-17(24)22(30)20(12-15)31-13-21-27-18-10-14(23(25)28-26)8-9-19(18)29(21)16-6-4-3-5-7-16/h8-10,15-17,20,22,30H,3-7,11-13,26H2,1-2H3,(H2,25,28). The molecule has 0 saturated heterocycles. The van der Waals surface area contributed by atoms with Crippen molar-refractivity contribution in [2.75, 3.05) is 0 Å². The third-order valence-electron chi connectivity index (χ3n) is 8.42. The zero-order chi connectivity index (χ0) is 21.8. The van der Waals surface area contributed by atoms with Crippen LogP contribution in [0.4, 0.5) is 0 Å². The predicted molar refractivity (Wildman–Crippen MR) is 121 cm³/mol. The average molecular weight is 426 g/mol. The van der Waals surface area contributed by atoms with Crippen LogP contribution in [-0.4, -0.2) is 32.7 Å². The molecule has 4 unspecified atom stereocenters. The molecule has 0 amide bonds. The molecule has 2 bridgehead atoms. The molecule has 4 aliphatic carbocycles. The van der Waals surface area contributed by atoms with Crippen molar-refractivity contribution in [2.45, 2.75) is 83.6 Å². The molecule has 1 heterocycles. The van der Waals surface area contributed by atoms with Crippen LogP contribution >= 0.6 is 0 Å². The highest BCUT2D eigenvalue weighted by atomic mass is 16.5. The number of benzene rings is 1. The van der Waals surface area contributed by atoms with Crippen molar-refractivity contribution in [3.05, 3.63) is 29.6 Å². The van der Waals surface area contributed by atoms with Gasteiger partial charge in [0.15, 0.2) is 0 Å². The van der Waals surface area contributed by atoms with E-state index in [9.17, 15) is 5.11 Å². The smallest absolute Gasteiger partial charge is 0.150 e. The molecule has 6 rings (SSSR count). The Hall–Kier alpha value is -2.12.